The maximum Gasteiger partial charge on any atom is 0.218 e. The van der Waals surface area contributed by atoms with Crippen molar-refractivity contribution >= 4 is 31.9 Å². The first-order chi connectivity index (χ1) is 7.15. The number of rotatable bonds is 2. The van der Waals surface area contributed by atoms with Gasteiger partial charge in [0.15, 0.2) is 4.73 Å². The summed E-state index contributed by atoms with van der Waals surface area (Å²) in [6.45, 7) is 2.62. The molecule has 0 saturated carbocycles. The summed E-state index contributed by atoms with van der Waals surface area (Å²) in [5, 5.41) is 4.18. The maximum absolute atomic E-state index is 4.22. The normalized spacial score (nSPS) is 10.6. The second-order valence-electron chi connectivity index (χ2n) is 3.12. The molecule has 0 N–H and O–H groups in total. The fourth-order valence-electron chi connectivity index (χ4n) is 1.16. The van der Waals surface area contributed by atoms with E-state index in [4.69, 9.17) is 0 Å². The van der Waals surface area contributed by atoms with Crippen LogP contribution in [0.1, 0.15) is 11.3 Å². The maximum atomic E-state index is 4.22. The van der Waals surface area contributed by atoms with Crippen molar-refractivity contribution in [3.63, 3.8) is 0 Å². The van der Waals surface area contributed by atoms with E-state index in [9.17, 15) is 0 Å². The molecule has 0 radical (unpaired) electrons. The standard InChI is InChI=1S/C9H8Br2N4/c1-6-2-3-7(4-12-6)5-15-9(11)13-8(10)14-15/h2-4H,5H2,1H3. The predicted octanol–water partition coefficient (Wildman–Crippen LogP) is 2.55. The highest BCUT2D eigenvalue weighted by molar-refractivity contribution is 9.11. The smallest absolute Gasteiger partial charge is 0.218 e. The Labute approximate surface area is 104 Å². The minimum Gasteiger partial charge on any atom is -0.261 e. The van der Waals surface area contributed by atoms with Crippen molar-refractivity contribution in [3.8, 4) is 0 Å². The van der Waals surface area contributed by atoms with Gasteiger partial charge < -0.3 is 0 Å². The summed E-state index contributed by atoms with van der Waals surface area (Å²) in [5.74, 6) is 0. The second kappa shape index (κ2) is 4.40. The Bertz CT molecular complexity index is 463. The first-order valence-corrected chi connectivity index (χ1v) is 5.91. The lowest BCUT2D eigenvalue weighted by atomic mass is 10.2. The summed E-state index contributed by atoms with van der Waals surface area (Å²) in [4.78, 5) is 8.31. The van der Waals surface area contributed by atoms with Crippen molar-refractivity contribution in [2.75, 3.05) is 0 Å². The molecular formula is C9H8Br2N4. The summed E-state index contributed by atoms with van der Waals surface area (Å²) >= 11 is 6.55. The molecule has 4 nitrogen and oxygen atoms in total. The summed E-state index contributed by atoms with van der Waals surface area (Å²) in [6.07, 6.45) is 1.84. The van der Waals surface area contributed by atoms with Crippen LogP contribution in [0.5, 0.6) is 0 Å². The molecule has 0 aliphatic heterocycles. The monoisotopic (exact) mass is 330 g/mol. The van der Waals surface area contributed by atoms with Crippen LogP contribution in [0, 0.1) is 6.92 Å². The summed E-state index contributed by atoms with van der Waals surface area (Å²) < 4.78 is 3.04. The van der Waals surface area contributed by atoms with Gasteiger partial charge in [-0.05, 0) is 50.4 Å². The predicted molar refractivity (Wildman–Crippen MR) is 63.5 cm³/mol. The molecule has 0 fully saturated rings. The van der Waals surface area contributed by atoms with Crippen molar-refractivity contribution in [2.24, 2.45) is 0 Å². The van der Waals surface area contributed by atoms with Gasteiger partial charge >= 0.3 is 0 Å². The second-order valence-corrected chi connectivity index (χ2v) is 4.53. The first kappa shape index (κ1) is 10.8. The molecule has 6 heteroatoms. The van der Waals surface area contributed by atoms with E-state index < -0.39 is 0 Å². The lowest BCUT2D eigenvalue weighted by molar-refractivity contribution is 0.662. The Morgan fingerprint density at radius 3 is 2.67 bits per heavy atom. The molecule has 2 rings (SSSR count). The van der Waals surface area contributed by atoms with Crippen molar-refractivity contribution in [2.45, 2.75) is 13.5 Å². The molecule has 2 aromatic heterocycles. The molecule has 15 heavy (non-hydrogen) atoms. The van der Waals surface area contributed by atoms with E-state index in [0.717, 1.165) is 11.3 Å². The molecule has 2 heterocycles. The number of aryl methyl sites for hydroxylation is 1. The SMILES string of the molecule is Cc1ccc(Cn2nc(Br)nc2Br)cn1. The molecule has 0 amide bonds. The third-order valence-corrected chi connectivity index (χ3v) is 2.83. The van der Waals surface area contributed by atoms with E-state index in [-0.39, 0.29) is 0 Å². The molecule has 0 bridgehead atoms. The number of hydrogen-bond donors (Lipinski definition) is 0. The van der Waals surface area contributed by atoms with Crippen molar-refractivity contribution in [3.05, 3.63) is 39.1 Å². The van der Waals surface area contributed by atoms with E-state index >= 15 is 0 Å². The quantitative estimate of drug-likeness (QED) is 0.849. The minimum atomic E-state index is 0.578. The van der Waals surface area contributed by atoms with Crippen molar-refractivity contribution in [1.29, 1.82) is 0 Å². The van der Waals surface area contributed by atoms with Gasteiger partial charge in [-0.25, -0.2) is 4.68 Å². The van der Waals surface area contributed by atoms with Gasteiger partial charge in [0, 0.05) is 11.9 Å². The van der Waals surface area contributed by atoms with Crippen LogP contribution in [0.2, 0.25) is 0 Å². The molecule has 0 saturated heterocycles. The highest BCUT2D eigenvalue weighted by Crippen LogP contribution is 2.13. The van der Waals surface area contributed by atoms with Gasteiger partial charge in [-0.2, -0.15) is 4.98 Å². The summed E-state index contributed by atoms with van der Waals surface area (Å²) in [7, 11) is 0. The lowest BCUT2D eigenvalue weighted by Crippen LogP contribution is -2.02. The third kappa shape index (κ3) is 2.63. The van der Waals surface area contributed by atoms with Crippen LogP contribution in [0.25, 0.3) is 0 Å². The highest BCUT2D eigenvalue weighted by Gasteiger charge is 2.05. The van der Waals surface area contributed by atoms with Crippen LogP contribution in [-0.4, -0.2) is 19.7 Å². The molecule has 78 valence electrons. The molecule has 0 aliphatic carbocycles. The number of hydrogen-bond acceptors (Lipinski definition) is 3. The minimum absolute atomic E-state index is 0.578. The fraction of sp³-hybridized carbons (Fsp3) is 0.222. The van der Waals surface area contributed by atoms with Gasteiger partial charge in [-0.3, -0.25) is 4.98 Å². The van der Waals surface area contributed by atoms with E-state index in [1.165, 1.54) is 0 Å². The summed E-state index contributed by atoms with van der Waals surface area (Å²) in [6, 6.07) is 4.01. The molecule has 2 aromatic rings. The molecule has 0 aliphatic rings. The molecule has 0 atom stereocenters. The average Bonchev–Trinajstić information content (AvgIpc) is 2.49. The molecule has 0 spiro atoms. The number of pyridine rings is 1. The van der Waals surface area contributed by atoms with Gasteiger partial charge in [0.2, 0.25) is 4.73 Å². The van der Waals surface area contributed by atoms with E-state index in [1.807, 2.05) is 25.3 Å². The Morgan fingerprint density at radius 1 is 1.33 bits per heavy atom. The Kier molecular flexibility index (Phi) is 3.16. The van der Waals surface area contributed by atoms with Gasteiger partial charge in [-0.1, -0.05) is 6.07 Å². The number of nitrogens with zero attached hydrogens (tertiary/aromatic N) is 4. The Hall–Kier alpha value is -0.750. The van der Waals surface area contributed by atoms with Crippen LogP contribution in [0.3, 0.4) is 0 Å². The number of aromatic nitrogens is 4. The Balaban J connectivity index is 2.21. The van der Waals surface area contributed by atoms with Crippen molar-refractivity contribution in [1.82, 2.24) is 19.7 Å². The fourth-order valence-corrected chi connectivity index (χ4v) is 2.13. The zero-order chi connectivity index (χ0) is 10.8. The van der Waals surface area contributed by atoms with E-state index in [1.54, 1.807) is 4.68 Å². The van der Waals surface area contributed by atoms with E-state index in [0.29, 0.717) is 16.0 Å². The average molecular weight is 332 g/mol. The topological polar surface area (TPSA) is 43.6 Å². The summed E-state index contributed by atoms with van der Waals surface area (Å²) in [5.41, 5.74) is 2.11. The van der Waals surface area contributed by atoms with Crippen LogP contribution < -0.4 is 0 Å². The first-order valence-electron chi connectivity index (χ1n) is 4.32. The van der Waals surface area contributed by atoms with Crippen LogP contribution in [0.4, 0.5) is 0 Å². The van der Waals surface area contributed by atoms with Crippen molar-refractivity contribution < 1.29 is 0 Å². The zero-order valence-electron chi connectivity index (χ0n) is 7.98. The zero-order valence-corrected chi connectivity index (χ0v) is 11.2. The van der Waals surface area contributed by atoms with E-state index in [2.05, 4.69) is 46.9 Å². The molecule has 0 aromatic carbocycles. The van der Waals surface area contributed by atoms with Gasteiger partial charge in [0.05, 0.1) is 6.54 Å². The van der Waals surface area contributed by atoms with Crippen LogP contribution in [-0.2, 0) is 6.54 Å². The van der Waals surface area contributed by atoms with Crippen LogP contribution in [0.15, 0.2) is 27.8 Å². The van der Waals surface area contributed by atoms with Gasteiger partial charge in [-0.15, -0.1) is 5.10 Å². The molecular weight excluding hydrogens is 324 g/mol. The molecule has 0 unspecified atom stereocenters. The third-order valence-electron chi connectivity index (χ3n) is 1.91. The number of halogens is 2. The largest absolute Gasteiger partial charge is 0.261 e. The highest BCUT2D eigenvalue weighted by atomic mass is 79.9. The van der Waals surface area contributed by atoms with Crippen LogP contribution >= 0.6 is 31.9 Å². The lowest BCUT2D eigenvalue weighted by Gasteiger charge is -2.01. The van der Waals surface area contributed by atoms with Gasteiger partial charge in [0.25, 0.3) is 0 Å². The van der Waals surface area contributed by atoms with Gasteiger partial charge in [0.1, 0.15) is 0 Å². The Morgan fingerprint density at radius 2 is 2.13 bits per heavy atom.